The number of cyclic esters (lactones) is 1. The molecule has 17 atom stereocenters. The third-order valence-corrected chi connectivity index (χ3v) is 15.9. The Kier molecular flexibility index (Phi) is 19.9. The highest BCUT2D eigenvalue weighted by molar-refractivity contribution is 6.30. The summed E-state index contributed by atoms with van der Waals surface area (Å²) in [5.74, 6) is -10.3. The summed E-state index contributed by atoms with van der Waals surface area (Å²) >= 11 is 5.99. The molecule has 2 saturated heterocycles. The zero-order chi connectivity index (χ0) is 57.4. The number of hydrogen-bond acceptors (Lipinski definition) is 14. The number of carbonyl (C=O) groups excluding carboxylic acids is 8. The molecule has 25 heteroatoms. The monoisotopic (exact) mass is 1120 g/mol. The first-order chi connectivity index (χ1) is 37.6. The summed E-state index contributed by atoms with van der Waals surface area (Å²) in [5.41, 5.74) is 0.774. The van der Waals surface area contributed by atoms with E-state index in [0.29, 0.717) is 22.3 Å². The van der Waals surface area contributed by atoms with Gasteiger partial charge in [0.15, 0.2) is 0 Å². The lowest BCUT2D eigenvalue weighted by molar-refractivity contribution is -1.06. The van der Waals surface area contributed by atoms with E-state index >= 15 is 14.4 Å². The van der Waals surface area contributed by atoms with Gasteiger partial charge in [0.2, 0.25) is 35.4 Å². The van der Waals surface area contributed by atoms with Gasteiger partial charge in [-0.25, -0.2) is 25.7 Å². The summed E-state index contributed by atoms with van der Waals surface area (Å²) in [6.45, 7) is 8.26. The molecule has 11 N–H and O–H groups in total. The SMILES string of the molecule is C/C=C/[C@H]1C[C@H]2C(=O)O[C@H](C)[C@@H](NC(=O)[C@H](C[C@H]3C[C@@H]3[NH+]([O-])O)NC(=O)c3ccc(Cl)n3O)C(=O)N[C@@H]([C@H](C)c3ccccc3)C(=O)N[C@H](C[C@@H]3C[C@H]3[NH+]([O-])O)C(=O)N[C@@H](Cc3ccccc3)C(=O)N[C@@H]([C@@H](C)CC)C(=O)N2C1. The van der Waals surface area contributed by atoms with E-state index in [0.717, 1.165) is 0 Å². The van der Waals surface area contributed by atoms with Gasteiger partial charge >= 0.3 is 5.97 Å². The van der Waals surface area contributed by atoms with Crippen molar-refractivity contribution in [2.45, 2.75) is 146 Å². The highest BCUT2D eigenvalue weighted by Crippen LogP contribution is 2.34. The summed E-state index contributed by atoms with van der Waals surface area (Å²) in [4.78, 5) is 119. The number of halogens is 1. The Morgan fingerprint density at radius 3 is 2.03 bits per heavy atom. The van der Waals surface area contributed by atoms with Crippen LogP contribution in [0, 0.1) is 34.1 Å². The van der Waals surface area contributed by atoms with Gasteiger partial charge in [-0.15, -0.1) is 0 Å². The minimum Gasteiger partial charge on any atom is -0.600 e. The number of nitrogens with one attached hydrogen (secondary N) is 8. The summed E-state index contributed by atoms with van der Waals surface area (Å²) in [7, 11) is 0. The van der Waals surface area contributed by atoms with Crippen LogP contribution >= 0.6 is 11.6 Å². The number of fused-ring (bicyclic) bond motifs is 1. The topological polar surface area (TPSA) is 342 Å². The zero-order valence-corrected chi connectivity index (χ0v) is 45.3. The van der Waals surface area contributed by atoms with E-state index < -0.39 is 142 Å². The van der Waals surface area contributed by atoms with Gasteiger partial charge in [-0.05, 0) is 68.2 Å². The van der Waals surface area contributed by atoms with Gasteiger partial charge in [0.25, 0.3) is 5.91 Å². The molecule has 7 rings (SSSR count). The molecule has 24 nitrogen and oxygen atoms in total. The molecule has 79 heavy (non-hydrogen) atoms. The summed E-state index contributed by atoms with van der Waals surface area (Å²) in [6, 6.07) is 7.46. The molecule has 0 spiro atoms. The van der Waals surface area contributed by atoms with Crippen LogP contribution in [0.3, 0.4) is 0 Å². The smallest absolute Gasteiger partial charge is 0.329 e. The zero-order valence-electron chi connectivity index (χ0n) is 44.5. The number of allylic oxidation sites excluding steroid dienone is 1. The van der Waals surface area contributed by atoms with E-state index in [4.69, 9.17) is 16.3 Å². The Hall–Kier alpha value is -6.93. The number of aromatic nitrogens is 1. The van der Waals surface area contributed by atoms with E-state index in [2.05, 4.69) is 31.9 Å². The van der Waals surface area contributed by atoms with Gasteiger partial charge in [-0.3, -0.25) is 33.6 Å². The molecule has 2 aliphatic heterocycles. The van der Waals surface area contributed by atoms with Crippen molar-refractivity contribution in [2.75, 3.05) is 6.54 Å². The van der Waals surface area contributed by atoms with Crippen molar-refractivity contribution in [3.8, 4) is 0 Å². The molecule has 3 aromatic rings. The lowest BCUT2D eigenvalue weighted by Gasteiger charge is -2.33. The van der Waals surface area contributed by atoms with Crippen LogP contribution in [0.5, 0.6) is 0 Å². The molecular weight excluding hydrogens is 1050 g/mol. The number of rotatable bonds is 17. The van der Waals surface area contributed by atoms with Crippen LogP contribution in [0.1, 0.15) is 101 Å². The summed E-state index contributed by atoms with van der Waals surface area (Å²) < 4.78 is 6.45. The first-order valence-corrected chi connectivity index (χ1v) is 27.1. The maximum Gasteiger partial charge on any atom is 0.329 e. The fourth-order valence-electron chi connectivity index (χ4n) is 10.5. The summed E-state index contributed by atoms with van der Waals surface area (Å²) in [6.07, 6.45) is 2.20. The molecule has 2 aliphatic carbocycles. The lowest BCUT2D eigenvalue weighted by atomic mass is 9.91. The summed E-state index contributed by atoms with van der Waals surface area (Å²) in [5, 5.41) is 68.0. The van der Waals surface area contributed by atoms with Crippen molar-refractivity contribution in [1.29, 1.82) is 0 Å². The second kappa shape index (κ2) is 26.4. The quantitative estimate of drug-likeness (QED) is 0.0362. The van der Waals surface area contributed by atoms with E-state index in [-0.39, 0.29) is 61.8 Å². The van der Waals surface area contributed by atoms with Gasteiger partial charge in [0.1, 0.15) is 71.3 Å². The van der Waals surface area contributed by atoms with Crippen LogP contribution in [0.2, 0.25) is 5.15 Å². The van der Waals surface area contributed by atoms with Crippen LogP contribution < -0.4 is 42.4 Å². The average Bonchev–Trinajstić information content (AvgIpc) is 4.35. The van der Waals surface area contributed by atoms with Crippen LogP contribution in [-0.4, -0.2) is 140 Å². The Morgan fingerprint density at radius 1 is 0.823 bits per heavy atom. The number of esters is 1. The highest BCUT2D eigenvalue weighted by atomic mass is 35.5. The molecular formula is C54H71ClN10O14. The number of benzene rings is 2. The number of ether oxygens (including phenoxy) is 1. The second-order valence-electron chi connectivity index (χ2n) is 21.3. The van der Waals surface area contributed by atoms with E-state index in [1.807, 2.05) is 13.0 Å². The second-order valence-corrected chi connectivity index (χ2v) is 21.6. The Morgan fingerprint density at radius 2 is 1.43 bits per heavy atom. The number of hydroxylamine groups is 4. The molecule has 2 saturated carbocycles. The minimum atomic E-state index is -1.90. The van der Waals surface area contributed by atoms with Crippen molar-refractivity contribution >= 4 is 58.9 Å². The number of quaternary nitrogens is 2. The average molecular weight is 1120 g/mol. The van der Waals surface area contributed by atoms with Gasteiger partial charge in [-0.2, -0.15) is 4.73 Å². The van der Waals surface area contributed by atoms with Crippen molar-refractivity contribution in [2.24, 2.45) is 23.7 Å². The number of amides is 7. The largest absolute Gasteiger partial charge is 0.600 e. The normalized spacial score (nSPS) is 29.9. The minimum absolute atomic E-state index is 0.0142. The molecule has 7 amide bonds. The lowest BCUT2D eigenvalue weighted by Crippen LogP contribution is -3.06. The molecule has 2 unspecified atom stereocenters. The number of nitrogens with zero attached hydrogens (tertiary/aromatic N) is 2. The number of carbonyl (C=O) groups is 8. The predicted molar refractivity (Wildman–Crippen MR) is 281 cm³/mol. The number of hydrogen-bond donors (Lipinski definition) is 11. The van der Waals surface area contributed by atoms with Crippen LogP contribution in [0.4, 0.5) is 0 Å². The van der Waals surface area contributed by atoms with Crippen LogP contribution in [-0.2, 0) is 44.7 Å². The maximum atomic E-state index is 15.2. The van der Waals surface area contributed by atoms with Crippen LogP contribution in [0.25, 0.3) is 0 Å². The predicted octanol–water partition coefficient (Wildman–Crippen LogP) is -0.167. The van der Waals surface area contributed by atoms with E-state index in [1.165, 1.54) is 24.0 Å². The Labute approximate surface area is 461 Å². The Bertz CT molecular complexity index is 2710. The van der Waals surface area contributed by atoms with E-state index in [9.17, 15) is 50.0 Å². The third-order valence-electron chi connectivity index (χ3n) is 15.7. The fourth-order valence-corrected chi connectivity index (χ4v) is 10.7. The van der Waals surface area contributed by atoms with Gasteiger partial charge < -0.3 is 57.2 Å². The first kappa shape index (κ1) is 59.7. The third kappa shape index (κ3) is 14.9. The van der Waals surface area contributed by atoms with Gasteiger partial charge in [0.05, 0.1) is 0 Å². The standard InChI is InChI=1S/C54H71ClN10O14/c1-6-14-32-22-42-54(73)79-30(5)46(61-49(68)38(24-35-26-41(35)65(77)78)57-50(69)39-19-20-43(55)63(39)74)52(71)60-45(29(4)33-17-12-9-13-18-33)51(70)58-37(23-34-25-40(34)64(75)76)47(66)56-36(21-31-15-10-8-11-16-31)48(67)59-44(28(3)7-2)53(72)62(42)27-32/h6,8-20,28-30,32,34-38,40-42,44-46,64-65,74-75,77H,7,21-27H2,1-5H3,(H,56,66)(H,57,69)(H,58,70)(H,59,67)(H,60,71)(H,61,68)/b14-6+/t28-,29+,30+,32-,34+,35-,36-,37+,38-,40+,41-,42-,44-,45-,46+/m0/s1. The van der Waals surface area contributed by atoms with Crippen molar-refractivity contribution in [1.82, 2.24) is 41.5 Å². The maximum absolute atomic E-state index is 15.2. The van der Waals surface area contributed by atoms with Crippen molar-refractivity contribution in [3.63, 3.8) is 0 Å². The van der Waals surface area contributed by atoms with Crippen molar-refractivity contribution in [3.05, 3.63) is 117 Å². The highest BCUT2D eigenvalue weighted by Gasteiger charge is 2.50. The molecule has 1 aromatic heterocycles. The van der Waals surface area contributed by atoms with Crippen molar-refractivity contribution < 1.29 is 69.2 Å². The van der Waals surface area contributed by atoms with Crippen LogP contribution in [0.15, 0.2) is 84.9 Å². The fraction of sp³-hybridized carbons (Fsp3) is 0.519. The molecule has 4 aliphatic rings. The van der Waals surface area contributed by atoms with Gasteiger partial charge in [0, 0.05) is 43.6 Å². The molecule has 3 heterocycles. The molecule has 0 bridgehead atoms. The van der Waals surface area contributed by atoms with Gasteiger partial charge in [-0.1, -0.05) is 112 Å². The Balaban J connectivity index is 1.32. The molecule has 428 valence electrons. The molecule has 0 radical (unpaired) electrons. The molecule has 4 fully saturated rings. The van der Waals surface area contributed by atoms with E-state index in [1.54, 1.807) is 87.5 Å². The first-order valence-electron chi connectivity index (χ1n) is 26.7. The molecule has 2 aromatic carbocycles.